The fraction of sp³-hybridized carbons (Fsp3) is 0.304. The minimum absolute atomic E-state index is 0.0373. The topological polar surface area (TPSA) is 49.0 Å². The second-order valence-electron chi connectivity index (χ2n) is 7.77. The van der Waals surface area contributed by atoms with Gasteiger partial charge < -0.3 is 4.98 Å². The normalized spacial score (nSPS) is 16.4. The molecule has 0 radical (unpaired) electrons. The Kier molecular flexibility index (Phi) is 4.86. The zero-order chi connectivity index (χ0) is 20.0. The van der Waals surface area contributed by atoms with E-state index in [2.05, 4.69) is 65.6 Å². The van der Waals surface area contributed by atoms with Crippen LogP contribution in [0.4, 0.5) is 0 Å². The first-order chi connectivity index (χ1) is 14.1. The lowest BCUT2D eigenvalue weighted by molar-refractivity contribution is 0.208. The van der Waals surface area contributed by atoms with Gasteiger partial charge in [-0.1, -0.05) is 24.3 Å². The quantitative estimate of drug-likeness (QED) is 0.471. The number of nitrogens with zero attached hydrogens (tertiary/aromatic N) is 2. The van der Waals surface area contributed by atoms with E-state index in [0.717, 1.165) is 33.9 Å². The van der Waals surface area contributed by atoms with Gasteiger partial charge in [0.1, 0.15) is 10.7 Å². The monoisotopic (exact) mass is 421 g/mol. The lowest BCUT2D eigenvalue weighted by Crippen LogP contribution is -2.29. The lowest BCUT2D eigenvalue weighted by atomic mass is 9.87. The Morgan fingerprint density at radius 3 is 2.93 bits per heavy atom. The van der Waals surface area contributed by atoms with E-state index in [4.69, 9.17) is 4.98 Å². The van der Waals surface area contributed by atoms with Crippen molar-refractivity contribution in [3.05, 3.63) is 74.0 Å². The molecule has 148 valence electrons. The van der Waals surface area contributed by atoms with Crippen LogP contribution >= 0.6 is 22.7 Å². The Morgan fingerprint density at radius 1 is 1.24 bits per heavy atom. The number of fused-ring (bicyclic) bond motifs is 2. The van der Waals surface area contributed by atoms with Crippen molar-refractivity contribution in [1.82, 2.24) is 14.9 Å². The maximum atomic E-state index is 12.9. The maximum Gasteiger partial charge on any atom is 0.260 e. The van der Waals surface area contributed by atoms with Crippen LogP contribution in [-0.2, 0) is 13.0 Å². The van der Waals surface area contributed by atoms with Crippen molar-refractivity contribution >= 4 is 32.9 Å². The summed E-state index contributed by atoms with van der Waals surface area (Å²) in [5.41, 5.74) is 3.82. The largest absolute Gasteiger partial charge is 0.309 e. The lowest BCUT2D eigenvalue weighted by Gasteiger charge is -2.33. The van der Waals surface area contributed by atoms with Crippen molar-refractivity contribution in [2.24, 2.45) is 0 Å². The molecule has 0 spiro atoms. The first-order valence-corrected chi connectivity index (χ1v) is 11.6. The predicted molar refractivity (Wildman–Crippen MR) is 122 cm³/mol. The number of benzene rings is 1. The first kappa shape index (κ1) is 18.7. The Hall–Kier alpha value is -2.28. The SMILES string of the molecule is Cc1ccc(-c2csc3nc(CN(C)[C@H]4CCCc5ccccc54)[nH]c(=O)c23)s1. The van der Waals surface area contributed by atoms with Gasteiger partial charge in [-0.25, -0.2) is 4.98 Å². The van der Waals surface area contributed by atoms with Gasteiger partial charge in [0, 0.05) is 26.7 Å². The number of thiophene rings is 2. The van der Waals surface area contributed by atoms with Gasteiger partial charge in [-0.05, 0) is 56.5 Å². The maximum absolute atomic E-state index is 12.9. The molecule has 1 aliphatic carbocycles. The highest BCUT2D eigenvalue weighted by Gasteiger charge is 2.24. The second kappa shape index (κ2) is 7.52. The molecule has 0 amide bonds. The Labute approximate surface area is 177 Å². The van der Waals surface area contributed by atoms with Gasteiger partial charge in [0.05, 0.1) is 11.9 Å². The summed E-state index contributed by atoms with van der Waals surface area (Å²) in [5.74, 6) is 0.740. The van der Waals surface area contributed by atoms with E-state index in [0.29, 0.717) is 18.0 Å². The van der Waals surface area contributed by atoms with Crippen molar-refractivity contribution < 1.29 is 0 Å². The standard InChI is InChI=1S/C23H23N3OS2/c1-14-10-11-19(29-14)17-13-28-23-21(17)22(27)24-20(25-23)12-26(2)18-9-5-7-15-6-3-4-8-16(15)18/h3-4,6,8,10-11,13,18H,5,7,9,12H2,1-2H3,(H,24,25,27)/t18-/m0/s1. The van der Waals surface area contributed by atoms with Crippen LogP contribution in [0.3, 0.4) is 0 Å². The Bertz CT molecular complexity index is 1240. The summed E-state index contributed by atoms with van der Waals surface area (Å²) in [4.78, 5) is 26.3. The summed E-state index contributed by atoms with van der Waals surface area (Å²) in [6.07, 6.45) is 3.49. The summed E-state index contributed by atoms with van der Waals surface area (Å²) in [6.45, 7) is 2.72. The summed E-state index contributed by atoms with van der Waals surface area (Å²) in [5, 5.41) is 2.77. The molecule has 0 aliphatic heterocycles. The van der Waals surface area contributed by atoms with Crippen LogP contribution in [0.25, 0.3) is 20.7 Å². The van der Waals surface area contributed by atoms with E-state index in [1.54, 1.807) is 22.7 Å². The highest BCUT2D eigenvalue weighted by molar-refractivity contribution is 7.19. The average molecular weight is 422 g/mol. The fourth-order valence-corrected chi connectivity index (χ4v) is 6.28. The number of hydrogen-bond donors (Lipinski definition) is 1. The number of aryl methyl sites for hydroxylation is 2. The number of aromatic amines is 1. The number of nitrogens with one attached hydrogen (secondary N) is 1. The van der Waals surface area contributed by atoms with E-state index in [1.807, 2.05) is 0 Å². The third-order valence-electron chi connectivity index (χ3n) is 5.77. The third-order valence-corrected chi connectivity index (χ3v) is 7.67. The molecule has 1 atom stereocenters. The molecule has 5 rings (SSSR count). The second-order valence-corrected chi connectivity index (χ2v) is 9.92. The molecular weight excluding hydrogens is 398 g/mol. The summed E-state index contributed by atoms with van der Waals surface area (Å²) in [6, 6.07) is 13.3. The van der Waals surface area contributed by atoms with E-state index in [-0.39, 0.29) is 5.56 Å². The Balaban J connectivity index is 1.45. The zero-order valence-electron chi connectivity index (χ0n) is 16.6. The molecule has 1 N–H and O–H groups in total. The van der Waals surface area contributed by atoms with Crippen LogP contribution in [0.15, 0.2) is 46.6 Å². The molecule has 6 heteroatoms. The molecule has 4 aromatic rings. The van der Waals surface area contributed by atoms with Crippen LogP contribution in [0.5, 0.6) is 0 Å². The van der Waals surface area contributed by atoms with Crippen molar-refractivity contribution in [2.45, 2.75) is 38.8 Å². The molecular formula is C23H23N3OS2. The molecule has 0 saturated carbocycles. The van der Waals surface area contributed by atoms with E-state index in [9.17, 15) is 4.79 Å². The number of rotatable bonds is 4. The van der Waals surface area contributed by atoms with Crippen LogP contribution in [0.2, 0.25) is 0 Å². The third kappa shape index (κ3) is 3.45. The van der Waals surface area contributed by atoms with E-state index >= 15 is 0 Å². The molecule has 3 aromatic heterocycles. The summed E-state index contributed by atoms with van der Waals surface area (Å²) < 4.78 is 0. The minimum Gasteiger partial charge on any atom is -0.309 e. The van der Waals surface area contributed by atoms with Gasteiger partial charge in [-0.2, -0.15) is 0 Å². The summed E-state index contributed by atoms with van der Waals surface area (Å²) >= 11 is 3.27. The molecule has 3 heterocycles. The predicted octanol–water partition coefficient (Wildman–Crippen LogP) is 5.53. The van der Waals surface area contributed by atoms with Crippen molar-refractivity contribution in [2.75, 3.05) is 7.05 Å². The minimum atomic E-state index is -0.0373. The van der Waals surface area contributed by atoms with Crippen LogP contribution in [-0.4, -0.2) is 21.9 Å². The van der Waals surface area contributed by atoms with E-state index in [1.165, 1.54) is 22.4 Å². The van der Waals surface area contributed by atoms with Gasteiger partial charge in [-0.15, -0.1) is 22.7 Å². The average Bonchev–Trinajstić information content (AvgIpc) is 3.33. The highest BCUT2D eigenvalue weighted by Crippen LogP contribution is 2.36. The highest BCUT2D eigenvalue weighted by atomic mass is 32.1. The molecule has 0 bridgehead atoms. The summed E-state index contributed by atoms with van der Waals surface area (Å²) in [7, 11) is 2.13. The number of H-pyrrole nitrogens is 1. The molecule has 0 saturated heterocycles. The zero-order valence-corrected chi connectivity index (χ0v) is 18.2. The smallest absolute Gasteiger partial charge is 0.260 e. The molecule has 29 heavy (non-hydrogen) atoms. The fourth-order valence-electron chi connectivity index (χ4n) is 4.36. The van der Waals surface area contributed by atoms with Crippen LogP contribution in [0, 0.1) is 6.92 Å². The van der Waals surface area contributed by atoms with Crippen molar-refractivity contribution in [1.29, 1.82) is 0 Å². The molecule has 4 nitrogen and oxygen atoms in total. The molecule has 1 aliphatic rings. The van der Waals surface area contributed by atoms with Gasteiger partial charge >= 0.3 is 0 Å². The van der Waals surface area contributed by atoms with Crippen LogP contribution in [0.1, 0.15) is 40.7 Å². The number of hydrogen-bond acceptors (Lipinski definition) is 5. The van der Waals surface area contributed by atoms with E-state index < -0.39 is 0 Å². The first-order valence-electron chi connectivity index (χ1n) is 9.95. The molecule has 1 aromatic carbocycles. The van der Waals surface area contributed by atoms with Crippen molar-refractivity contribution in [3.63, 3.8) is 0 Å². The Morgan fingerprint density at radius 2 is 2.10 bits per heavy atom. The molecule has 0 fully saturated rings. The van der Waals surface area contributed by atoms with Crippen molar-refractivity contribution in [3.8, 4) is 10.4 Å². The molecule has 0 unspecified atom stereocenters. The van der Waals surface area contributed by atoms with Gasteiger partial charge in [0.2, 0.25) is 0 Å². The van der Waals surface area contributed by atoms with Gasteiger partial charge in [-0.3, -0.25) is 9.69 Å². The van der Waals surface area contributed by atoms with Gasteiger partial charge in [0.15, 0.2) is 0 Å². The van der Waals surface area contributed by atoms with Crippen LogP contribution < -0.4 is 5.56 Å². The number of aromatic nitrogens is 2. The van der Waals surface area contributed by atoms with Gasteiger partial charge in [0.25, 0.3) is 5.56 Å².